The van der Waals surface area contributed by atoms with Gasteiger partial charge in [-0.25, -0.2) is 26.3 Å². The van der Waals surface area contributed by atoms with Crippen molar-refractivity contribution in [1.82, 2.24) is 0 Å². The summed E-state index contributed by atoms with van der Waals surface area (Å²) in [6.07, 6.45) is 0. The van der Waals surface area contributed by atoms with Crippen molar-refractivity contribution < 1.29 is 40.3 Å². The van der Waals surface area contributed by atoms with E-state index in [1.165, 1.54) is 14.2 Å². The van der Waals surface area contributed by atoms with Gasteiger partial charge in [0.2, 0.25) is 0 Å². The normalized spacial score (nSPS) is 14.6. The quantitative estimate of drug-likeness (QED) is 0.0979. The molecule has 6 rings (SSSR count). The second-order valence-electron chi connectivity index (χ2n) is 16.6. The molecule has 0 N–H and O–H groups in total. The van der Waals surface area contributed by atoms with Crippen LogP contribution in [0.5, 0.6) is 11.5 Å². The summed E-state index contributed by atoms with van der Waals surface area (Å²) >= 11 is 0. The lowest BCUT2D eigenvalue weighted by molar-refractivity contribution is -0.962. The molecule has 0 saturated heterocycles. The fourth-order valence-corrected chi connectivity index (χ4v) is 7.91. The first-order valence-corrected chi connectivity index (χ1v) is 17.9. The molecule has 0 fully saturated rings. The maximum Gasteiger partial charge on any atom is 0.194 e. The lowest BCUT2D eigenvalue weighted by Gasteiger charge is -2.41. The molecule has 1 aliphatic rings. The number of ether oxygens (including phenoxy) is 2. The molecule has 0 aliphatic carbocycles. The Kier molecular flexibility index (Phi) is 9.97. The van der Waals surface area contributed by atoms with Gasteiger partial charge in [-0.15, -0.1) is 0 Å². The SMILES string of the molecule is COc1c(C(C)(C)C)cc2c(c1-c1cc(F)c(F)c(F)c1)C[N+](C)([C@@H](C)c1ccccc1)Cc1c-2cc(C(C)(C)C)c(OC)c1-c1cc(F)c(F)c(F)c1. The van der Waals surface area contributed by atoms with Crippen LogP contribution in [0.4, 0.5) is 26.3 Å². The predicted octanol–water partition coefficient (Wildman–Crippen LogP) is 12.4. The lowest BCUT2D eigenvalue weighted by Crippen LogP contribution is -2.44. The molecule has 0 bridgehead atoms. The molecule has 5 aromatic carbocycles. The number of rotatable bonds is 6. The van der Waals surface area contributed by atoms with E-state index in [0.29, 0.717) is 44.9 Å². The minimum atomic E-state index is -1.58. The number of nitrogens with zero attached hydrogens (tertiary/aromatic N) is 1. The number of halogens is 6. The Morgan fingerprint density at radius 3 is 1.24 bits per heavy atom. The highest BCUT2D eigenvalue weighted by Gasteiger charge is 2.42. The maximum absolute atomic E-state index is 15.2. The van der Waals surface area contributed by atoms with E-state index in [1.807, 2.05) is 84.0 Å². The molecule has 54 heavy (non-hydrogen) atoms. The van der Waals surface area contributed by atoms with E-state index >= 15 is 17.6 Å². The number of quaternary nitrogens is 1. The zero-order valence-corrected chi connectivity index (χ0v) is 32.4. The van der Waals surface area contributed by atoms with Crippen LogP contribution >= 0.6 is 0 Å². The van der Waals surface area contributed by atoms with Crippen LogP contribution in [-0.2, 0) is 23.9 Å². The summed E-state index contributed by atoms with van der Waals surface area (Å²) in [4.78, 5) is 0. The van der Waals surface area contributed by atoms with Gasteiger partial charge in [0.25, 0.3) is 0 Å². The first-order valence-electron chi connectivity index (χ1n) is 17.9. The third kappa shape index (κ3) is 6.65. The zero-order chi connectivity index (χ0) is 39.7. The average molecular weight is 747 g/mol. The Balaban J connectivity index is 1.89. The molecule has 0 aromatic heterocycles. The van der Waals surface area contributed by atoms with Gasteiger partial charge in [0.15, 0.2) is 34.9 Å². The van der Waals surface area contributed by atoms with Crippen LogP contribution in [0, 0.1) is 34.9 Å². The number of hydrogen-bond donors (Lipinski definition) is 0. The van der Waals surface area contributed by atoms with Gasteiger partial charge in [0, 0.05) is 38.9 Å². The van der Waals surface area contributed by atoms with Crippen LogP contribution in [0.1, 0.15) is 82.3 Å². The molecule has 0 unspecified atom stereocenters. The molecule has 0 amide bonds. The summed E-state index contributed by atoms with van der Waals surface area (Å²) in [5.74, 6) is -7.74. The minimum absolute atomic E-state index is 0.0976. The van der Waals surface area contributed by atoms with E-state index in [0.717, 1.165) is 41.0 Å². The Morgan fingerprint density at radius 2 is 0.926 bits per heavy atom. The van der Waals surface area contributed by atoms with Gasteiger partial charge in [-0.2, -0.15) is 0 Å². The molecule has 5 aromatic rings. The second kappa shape index (κ2) is 13.8. The van der Waals surface area contributed by atoms with Crippen molar-refractivity contribution in [1.29, 1.82) is 0 Å². The standard InChI is InChI=1S/C45H46F6NO2/c1-24(25-14-12-11-13-15-25)52(8)22-30-28(20-32(44(2,3)4)42(53-9)38(30)26-16-34(46)40(50)35(47)17-26)29-21-33(45(5,6)7)43(54-10)39(31(29)23-52)27-18-36(48)41(51)37(49)19-27/h11-21,24H,22-23H2,1-10H3/q+1/t24-/m0/s1. The molecule has 0 spiro atoms. The highest BCUT2D eigenvalue weighted by molar-refractivity contribution is 5.91. The van der Waals surface area contributed by atoms with E-state index in [4.69, 9.17) is 9.47 Å². The number of methoxy groups -OCH3 is 2. The van der Waals surface area contributed by atoms with E-state index in [-0.39, 0.29) is 34.7 Å². The van der Waals surface area contributed by atoms with Gasteiger partial charge in [-0.1, -0.05) is 71.9 Å². The van der Waals surface area contributed by atoms with Crippen LogP contribution in [0.2, 0.25) is 0 Å². The van der Waals surface area contributed by atoms with E-state index < -0.39 is 45.7 Å². The van der Waals surface area contributed by atoms with Gasteiger partial charge in [-0.05, 0) is 76.4 Å². The third-order valence-corrected chi connectivity index (χ3v) is 10.9. The monoisotopic (exact) mass is 746 g/mol. The molecule has 284 valence electrons. The van der Waals surface area contributed by atoms with Crippen LogP contribution in [-0.4, -0.2) is 25.8 Å². The molecule has 0 saturated carbocycles. The molecular weight excluding hydrogens is 700 g/mol. The fraction of sp³-hybridized carbons (Fsp3) is 0.333. The third-order valence-electron chi connectivity index (χ3n) is 10.9. The van der Waals surface area contributed by atoms with Crippen molar-refractivity contribution in [3.8, 4) is 44.9 Å². The lowest BCUT2D eigenvalue weighted by atomic mass is 9.76. The molecule has 9 heteroatoms. The van der Waals surface area contributed by atoms with Crippen molar-refractivity contribution in [3.63, 3.8) is 0 Å². The summed E-state index contributed by atoms with van der Waals surface area (Å²) in [5.41, 5.74) is 5.08. The van der Waals surface area contributed by atoms with Crippen molar-refractivity contribution in [2.75, 3.05) is 21.3 Å². The van der Waals surface area contributed by atoms with E-state index in [9.17, 15) is 8.78 Å². The summed E-state index contributed by atoms with van der Waals surface area (Å²) in [5, 5.41) is 0. The van der Waals surface area contributed by atoms with Crippen molar-refractivity contribution in [2.45, 2.75) is 78.4 Å². The largest absolute Gasteiger partial charge is 0.496 e. The number of benzene rings is 5. The van der Waals surface area contributed by atoms with Crippen LogP contribution in [0.3, 0.4) is 0 Å². The van der Waals surface area contributed by atoms with Crippen molar-refractivity contribution in [2.24, 2.45) is 0 Å². The highest BCUT2D eigenvalue weighted by atomic mass is 19.2. The average Bonchev–Trinajstić information content (AvgIpc) is 3.23. The Hall–Kier alpha value is -4.76. The first-order chi connectivity index (χ1) is 25.2. The van der Waals surface area contributed by atoms with Crippen LogP contribution < -0.4 is 9.47 Å². The molecule has 0 radical (unpaired) electrons. The number of fused-ring (bicyclic) bond motifs is 3. The predicted molar refractivity (Wildman–Crippen MR) is 201 cm³/mol. The fourth-order valence-electron chi connectivity index (χ4n) is 7.91. The van der Waals surface area contributed by atoms with Gasteiger partial charge >= 0.3 is 0 Å². The van der Waals surface area contributed by atoms with Gasteiger partial charge in [0.1, 0.15) is 30.6 Å². The Labute approximate surface area is 313 Å². The second-order valence-corrected chi connectivity index (χ2v) is 16.6. The molecular formula is C45H46F6NO2+. The van der Waals surface area contributed by atoms with Crippen LogP contribution in [0.25, 0.3) is 33.4 Å². The summed E-state index contributed by atoms with van der Waals surface area (Å²) < 4.78 is 102. The Morgan fingerprint density at radius 1 is 0.574 bits per heavy atom. The van der Waals surface area contributed by atoms with Crippen LogP contribution in [0.15, 0.2) is 66.7 Å². The smallest absolute Gasteiger partial charge is 0.194 e. The number of hydrogen-bond acceptors (Lipinski definition) is 2. The molecule has 1 heterocycles. The zero-order valence-electron chi connectivity index (χ0n) is 32.4. The molecule has 1 atom stereocenters. The summed E-state index contributed by atoms with van der Waals surface area (Å²) in [6, 6.07) is 17.6. The van der Waals surface area contributed by atoms with E-state index in [2.05, 4.69) is 14.0 Å². The maximum atomic E-state index is 15.2. The molecule has 1 aliphatic heterocycles. The molecule has 3 nitrogen and oxygen atoms in total. The van der Waals surface area contributed by atoms with Crippen molar-refractivity contribution >= 4 is 0 Å². The highest BCUT2D eigenvalue weighted by Crippen LogP contribution is 2.54. The van der Waals surface area contributed by atoms with Gasteiger partial charge in [0.05, 0.1) is 21.3 Å². The minimum Gasteiger partial charge on any atom is -0.496 e. The Bertz CT molecular complexity index is 2090. The van der Waals surface area contributed by atoms with Gasteiger partial charge < -0.3 is 14.0 Å². The summed E-state index contributed by atoms with van der Waals surface area (Å²) in [7, 11) is 5.05. The first kappa shape index (κ1) is 38.9. The topological polar surface area (TPSA) is 18.5 Å². The van der Waals surface area contributed by atoms with E-state index in [1.54, 1.807) is 0 Å². The van der Waals surface area contributed by atoms with Crippen molar-refractivity contribution in [3.05, 3.63) is 129 Å². The summed E-state index contributed by atoms with van der Waals surface area (Å²) in [6.45, 7) is 14.6. The van der Waals surface area contributed by atoms with Gasteiger partial charge in [-0.3, -0.25) is 0 Å².